The number of epoxide rings is 1. The third-order valence-electron chi connectivity index (χ3n) is 4.43. The van der Waals surface area contributed by atoms with Gasteiger partial charge in [0, 0.05) is 0 Å². The van der Waals surface area contributed by atoms with E-state index in [1.807, 2.05) is 0 Å². The minimum absolute atomic E-state index is 0.0374. The number of hydrogen-bond acceptors (Lipinski definition) is 2. The van der Waals surface area contributed by atoms with Gasteiger partial charge >= 0.3 is 0 Å². The van der Waals surface area contributed by atoms with Crippen molar-refractivity contribution in [3.8, 4) is 0 Å². The topological polar surface area (TPSA) is 21.8 Å². The van der Waals surface area contributed by atoms with Crippen LogP contribution >= 0.6 is 0 Å². The van der Waals surface area contributed by atoms with E-state index in [9.17, 15) is 0 Å². The molecule has 0 aromatic carbocycles. The summed E-state index contributed by atoms with van der Waals surface area (Å²) in [5.41, 5.74) is -0.0374. The fourth-order valence-corrected chi connectivity index (χ4v) is 3.33. The number of rotatable bonds is 4. The summed E-state index contributed by atoms with van der Waals surface area (Å²) in [6.45, 7) is 18.0. The lowest BCUT2D eigenvalue weighted by Gasteiger charge is -2.39. The molecule has 3 heteroatoms. The zero-order valence-corrected chi connectivity index (χ0v) is 13.2. The average Bonchev–Trinajstić information content (AvgIpc) is 2.76. The highest BCUT2D eigenvalue weighted by atomic mass is 28.4. The summed E-state index contributed by atoms with van der Waals surface area (Å²) < 4.78 is 12.1. The molecule has 0 saturated carbocycles. The van der Waals surface area contributed by atoms with Gasteiger partial charge < -0.3 is 9.16 Å². The van der Waals surface area contributed by atoms with Gasteiger partial charge in [-0.3, -0.25) is 0 Å². The van der Waals surface area contributed by atoms with E-state index in [1.165, 1.54) is 0 Å². The highest BCUT2D eigenvalue weighted by Gasteiger charge is 2.57. The predicted octanol–water partition coefficient (Wildman–Crippen LogP) is 3.96. The van der Waals surface area contributed by atoms with Crippen molar-refractivity contribution in [2.75, 3.05) is 0 Å². The molecule has 0 aromatic heterocycles. The summed E-state index contributed by atoms with van der Waals surface area (Å²) in [5, 5.41) is 0.272. The van der Waals surface area contributed by atoms with Crippen LogP contribution in [0.5, 0.6) is 0 Å². The van der Waals surface area contributed by atoms with E-state index in [-0.39, 0.29) is 16.7 Å². The molecular weight excluding hydrogens is 216 g/mol. The Kier molecular flexibility index (Phi) is 3.65. The normalized spacial score (nSPS) is 32.6. The summed E-state index contributed by atoms with van der Waals surface area (Å²) in [7, 11) is -1.66. The van der Waals surface area contributed by atoms with E-state index >= 15 is 0 Å². The Bertz CT molecular complexity index is 257. The first kappa shape index (κ1) is 14.2. The fraction of sp³-hybridized carbons (Fsp3) is 1.00. The van der Waals surface area contributed by atoms with Gasteiger partial charge in [-0.15, -0.1) is 0 Å². The van der Waals surface area contributed by atoms with Crippen molar-refractivity contribution in [2.45, 2.75) is 83.9 Å². The molecule has 1 aliphatic heterocycles. The molecule has 1 fully saturated rings. The highest BCUT2D eigenvalue weighted by molar-refractivity contribution is 6.74. The van der Waals surface area contributed by atoms with Gasteiger partial charge in [-0.1, -0.05) is 27.7 Å². The molecule has 1 heterocycles. The van der Waals surface area contributed by atoms with Gasteiger partial charge in [-0.05, 0) is 38.4 Å². The van der Waals surface area contributed by atoms with E-state index in [0.717, 1.165) is 6.42 Å². The van der Waals surface area contributed by atoms with Gasteiger partial charge in [0.05, 0.1) is 12.2 Å². The maximum atomic E-state index is 6.38. The average molecular weight is 244 g/mol. The molecule has 0 radical (unpaired) electrons. The second-order valence-electron chi connectivity index (χ2n) is 6.72. The van der Waals surface area contributed by atoms with Gasteiger partial charge in [0.2, 0.25) is 0 Å². The lowest BCUT2D eigenvalue weighted by atomic mass is 10.0. The fourth-order valence-electron chi connectivity index (χ4n) is 1.85. The first-order valence-corrected chi connectivity index (χ1v) is 9.31. The van der Waals surface area contributed by atoms with Crippen molar-refractivity contribution in [2.24, 2.45) is 0 Å². The Morgan fingerprint density at radius 1 is 1.38 bits per heavy atom. The van der Waals surface area contributed by atoms with Crippen molar-refractivity contribution in [3.63, 3.8) is 0 Å². The summed E-state index contributed by atoms with van der Waals surface area (Å²) in [6, 6.07) is 0. The second-order valence-corrected chi connectivity index (χ2v) is 11.5. The quantitative estimate of drug-likeness (QED) is 0.551. The van der Waals surface area contributed by atoms with Crippen molar-refractivity contribution >= 4 is 8.32 Å². The minimum Gasteiger partial charge on any atom is -0.411 e. The molecule has 1 aliphatic rings. The van der Waals surface area contributed by atoms with E-state index in [0.29, 0.717) is 6.10 Å². The molecule has 0 unspecified atom stereocenters. The van der Waals surface area contributed by atoms with Crippen molar-refractivity contribution in [1.82, 2.24) is 0 Å². The van der Waals surface area contributed by atoms with Crippen LogP contribution in [0.15, 0.2) is 0 Å². The van der Waals surface area contributed by atoms with Gasteiger partial charge in [0.1, 0.15) is 5.60 Å². The molecule has 1 saturated heterocycles. The number of hydrogen-bond donors (Lipinski definition) is 0. The van der Waals surface area contributed by atoms with Gasteiger partial charge in [0.25, 0.3) is 0 Å². The highest BCUT2D eigenvalue weighted by Crippen LogP contribution is 2.46. The molecule has 1 rings (SSSR count). The molecule has 96 valence electrons. The molecule has 0 spiro atoms. The molecule has 2 nitrogen and oxygen atoms in total. The molecule has 0 amide bonds. The van der Waals surface area contributed by atoms with Crippen molar-refractivity contribution in [1.29, 1.82) is 0 Å². The van der Waals surface area contributed by atoms with E-state index in [4.69, 9.17) is 9.16 Å². The van der Waals surface area contributed by atoms with Crippen LogP contribution in [0.2, 0.25) is 18.1 Å². The van der Waals surface area contributed by atoms with Gasteiger partial charge in [-0.25, -0.2) is 0 Å². The van der Waals surface area contributed by atoms with Crippen LogP contribution in [0, 0.1) is 0 Å². The largest absolute Gasteiger partial charge is 0.411 e. The molecular formula is C13H28O2Si. The van der Waals surface area contributed by atoms with Crippen molar-refractivity contribution < 1.29 is 9.16 Å². The Morgan fingerprint density at radius 3 is 2.19 bits per heavy atom. The van der Waals surface area contributed by atoms with E-state index in [2.05, 4.69) is 54.6 Å². The minimum atomic E-state index is -1.66. The summed E-state index contributed by atoms with van der Waals surface area (Å²) in [5.74, 6) is 0. The van der Waals surface area contributed by atoms with E-state index in [1.54, 1.807) is 0 Å². The van der Waals surface area contributed by atoms with Crippen LogP contribution in [-0.4, -0.2) is 26.1 Å². The third-order valence-corrected chi connectivity index (χ3v) is 8.99. The first-order valence-electron chi connectivity index (χ1n) is 6.40. The van der Waals surface area contributed by atoms with Crippen LogP contribution < -0.4 is 0 Å². The van der Waals surface area contributed by atoms with Crippen LogP contribution in [-0.2, 0) is 9.16 Å². The third kappa shape index (κ3) is 2.52. The Hall–Kier alpha value is 0.137. The second kappa shape index (κ2) is 4.11. The van der Waals surface area contributed by atoms with E-state index < -0.39 is 8.32 Å². The SMILES string of the molecule is CC[C@H]1O[C@]1(C)[C@@H](C)O[Si](C)(C)C(C)(C)C. The Labute approximate surface area is 102 Å². The van der Waals surface area contributed by atoms with Crippen LogP contribution in [0.1, 0.15) is 48.0 Å². The van der Waals surface area contributed by atoms with Crippen LogP contribution in [0.25, 0.3) is 0 Å². The summed E-state index contributed by atoms with van der Waals surface area (Å²) >= 11 is 0. The molecule has 0 aliphatic carbocycles. The standard InChI is InChI=1S/C13H28O2Si/c1-9-11-13(6,14-11)10(2)15-16(7,8)12(3,4)5/h10-11H,9H2,1-8H3/t10-,11-,13-/m1/s1. The Balaban J connectivity index is 2.62. The van der Waals surface area contributed by atoms with Crippen LogP contribution in [0.3, 0.4) is 0 Å². The summed E-state index contributed by atoms with van der Waals surface area (Å²) in [6.07, 6.45) is 1.69. The molecule has 16 heavy (non-hydrogen) atoms. The molecule has 0 N–H and O–H groups in total. The van der Waals surface area contributed by atoms with Crippen molar-refractivity contribution in [3.05, 3.63) is 0 Å². The summed E-state index contributed by atoms with van der Waals surface area (Å²) in [4.78, 5) is 0. The zero-order chi connectivity index (χ0) is 12.8. The zero-order valence-electron chi connectivity index (χ0n) is 12.2. The maximum absolute atomic E-state index is 6.38. The maximum Gasteiger partial charge on any atom is 0.192 e. The molecule has 3 atom stereocenters. The lowest BCUT2D eigenvalue weighted by molar-refractivity contribution is 0.108. The lowest BCUT2D eigenvalue weighted by Crippen LogP contribution is -2.47. The monoisotopic (exact) mass is 244 g/mol. The molecule has 0 bridgehead atoms. The smallest absolute Gasteiger partial charge is 0.192 e. The molecule has 0 aromatic rings. The van der Waals surface area contributed by atoms with Gasteiger partial charge in [0.15, 0.2) is 8.32 Å². The first-order chi connectivity index (χ1) is 7.04. The predicted molar refractivity (Wildman–Crippen MR) is 71.3 cm³/mol. The number of ether oxygens (including phenoxy) is 1. The van der Waals surface area contributed by atoms with Gasteiger partial charge in [-0.2, -0.15) is 0 Å². The Morgan fingerprint density at radius 2 is 1.88 bits per heavy atom. The van der Waals surface area contributed by atoms with Crippen LogP contribution in [0.4, 0.5) is 0 Å².